The minimum Gasteiger partial charge on any atom is -0.423 e. The molecule has 0 aromatic heterocycles. The number of carbonyl (C=O) groups is 1. The molecule has 1 aliphatic rings. The predicted molar refractivity (Wildman–Crippen MR) is 117 cm³/mol. The monoisotopic (exact) mass is 423 g/mol. The van der Waals surface area contributed by atoms with Gasteiger partial charge in [0, 0.05) is 13.1 Å². The van der Waals surface area contributed by atoms with Crippen molar-refractivity contribution >= 4 is 26.8 Å². The lowest BCUT2D eigenvalue weighted by Gasteiger charge is -2.34. The molecule has 30 heavy (non-hydrogen) atoms. The van der Waals surface area contributed by atoms with Crippen molar-refractivity contribution in [3.63, 3.8) is 0 Å². The van der Waals surface area contributed by atoms with Crippen molar-refractivity contribution < 1.29 is 17.9 Å². The molecular weight excluding hydrogens is 398 g/mol. The van der Waals surface area contributed by atoms with Gasteiger partial charge in [0.05, 0.1) is 10.5 Å². The lowest BCUT2D eigenvalue weighted by molar-refractivity contribution is 0.0735. The van der Waals surface area contributed by atoms with Gasteiger partial charge in [-0.3, -0.25) is 0 Å². The number of carbonyl (C=O) groups excluding carboxylic acids is 1. The van der Waals surface area contributed by atoms with E-state index in [2.05, 4.69) is 13.8 Å². The maximum absolute atomic E-state index is 13.0. The van der Waals surface area contributed by atoms with E-state index in [-0.39, 0.29) is 4.90 Å². The number of ether oxygens (including phenoxy) is 1. The summed E-state index contributed by atoms with van der Waals surface area (Å²) in [6.07, 6.45) is 1.03. The van der Waals surface area contributed by atoms with Crippen molar-refractivity contribution in [2.45, 2.75) is 25.2 Å². The number of fused-ring (bicyclic) bond motifs is 1. The summed E-state index contributed by atoms with van der Waals surface area (Å²) in [5.41, 5.74) is 0.308. The minimum absolute atomic E-state index is 0.200. The molecule has 3 aromatic carbocycles. The number of hydrogen-bond donors (Lipinski definition) is 0. The number of hydrogen-bond acceptors (Lipinski definition) is 4. The van der Waals surface area contributed by atoms with Gasteiger partial charge < -0.3 is 4.74 Å². The Morgan fingerprint density at radius 3 is 2.20 bits per heavy atom. The lowest BCUT2D eigenvalue weighted by atomic mass is 9.94. The van der Waals surface area contributed by atoms with Gasteiger partial charge in [-0.2, -0.15) is 4.31 Å². The molecule has 0 N–H and O–H groups in total. The van der Waals surface area contributed by atoms with Gasteiger partial charge >= 0.3 is 5.97 Å². The number of esters is 1. The molecule has 5 nitrogen and oxygen atoms in total. The first-order valence-electron chi connectivity index (χ1n) is 10.1. The Kier molecular flexibility index (Phi) is 5.62. The van der Waals surface area contributed by atoms with Crippen molar-refractivity contribution in [3.8, 4) is 5.75 Å². The van der Waals surface area contributed by atoms with Crippen LogP contribution in [-0.4, -0.2) is 31.8 Å². The van der Waals surface area contributed by atoms with Crippen LogP contribution in [0.1, 0.15) is 30.6 Å². The highest BCUT2D eigenvalue weighted by Gasteiger charge is 2.31. The maximum atomic E-state index is 13.0. The summed E-state index contributed by atoms with van der Waals surface area (Å²) in [7, 11) is -3.57. The Morgan fingerprint density at radius 2 is 1.53 bits per heavy atom. The van der Waals surface area contributed by atoms with E-state index < -0.39 is 16.0 Å². The summed E-state index contributed by atoms with van der Waals surface area (Å²) in [4.78, 5) is 12.7. The molecule has 6 heteroatoms. The molecule has 0 amide bonds. The third-order valence-electron chi connectivity index (χ3n) is 5.49. The lowest BCUT2D eigenvalue weighted by Crippen LogP contribution is -2.42. The van der Waals surface area contributed by atoms with Crippen LogP contribution in [0.3, 0.4) is 0 Å². The first kappa shape index (κ1) is 20.6. The first-order valence-corrected chi connectivity index (χ1v) is 11.6. The van der Waals surface area contributed by atoms with Crippen molar-refractivity contribution in [1.82, 2.24) is 4.31 Å². The fourth-order valence-electron chi connectivity index (χ4n) is 4.11. The van der Waals surface area contributed by atoms with Gasteiger partial charge in [-0.05, 0) is 65.4 Å². The predicted octanol–water partition coefficient (Wildman–Crippen LogP) is 4.73. The summed E-state index contributed by atoms with van der Waals surface area (Å²) in [6.45, 7) is 5.20. The molecule has 1 aliphatic heterocycles. The molecule has 156 valence electrons. The molecule has 0 radical (unpaired) electrons. The Labute approximate surface area is 177 Å². The van der Waals surface area contributed by atoms with Gasteiger partial charge in [0.15, 0.2) is 0 Å². The summed E-state index contributed by atoms with van der Waals surface area (Å²) < 4.78 is 33.0. The Balaban J connectivity index is 1.50. The highest BCUT2D eigenvalue weighted by atomic mass is 32.2. The van der Waals surface area contributed by atoms with Crippen LogP contribution in [0.4, 0.5) is 0 Å². The molecule has 1 heterocycles. The summed E-state index contributed by atoms with van der Waals surface area (Å²) in [5.74, 6) is 0.598. The van der Waals surface area contributed by atoms with E-state index >= 15 is 0 Å². The molecule has 0 saturated carbocycles. The second-order valence-electron chi connectivity index (χ2n) is 8.19. The van der Waals surface area contributed by atoms with Crippen LogP contribution >= 0.6 is 0 Å². The smallest absolute Gasteiger partial charge is 0.343 e. The molecule has 4 rings (SSSR count). The molecular formula is C24H25NO4S. The van der Waals surface area contributed by atoms with Crippen LogP contribution in [0.25, 0.3) is 10.8 Å². The fraction of sp³-hybridized carbons (Fsp3) is 0.292. The summed E-state index contributed by atoms with van der Waals surface area (Å²) in [6, 6.07) is 19.3. The van der Waals surface area contributed by atoms with E-state index in [1.54, 1.807) is 10.4 Å². The van der Waals surface area contributed by atoms with E-state index in [1.165, 1.54) is 24.3 Å². The van der Waals surface area contributed by atoms with Crippen LogP contribution in [0.2, 0.25) is 0 Å². The molecule has 0 spiro atoms. The number of piperidine rings is 1. The third kappa shape index (κ3) is 4.25. The van der Waals surface area contributed by atoms with Crippen LogP contribution in [0, 0.1) is 11.8 Å². The highest BCUT2D eigenvalue weighted by Crippen LogP contribution is 2.27. The van der Waals surface area contributed by atoms with Crippen molar-refractivity contribution in [2.24, 2.45) is 11.8 Å². The van der Waals surface area contributed by atoms with Gasteiger partial charge in [0.1, 0.15) is 5.75 Å². The number of sulfonamides is 1. The van der Waals surface area contributed by atoms with E-state index in [0.29, 0.717) is 36.2 Å². The number of nitrogens with zero attached hydrogens (tertiary/aromatic N) is 1. The van der Waals surface area contributed by atoms with E-state index in [4.69, 9.17) is 4.74 Å². The van der Waals surface area contributed by atoms with Crippen molar-refractivity contribution in [3.05, 3.63) is 72.3 Å². The standard InChI is InChI=1S/C24H25NO4S/c1-17-13-18(2)16-25(15-17)30(27,28)23-11-8-20(9-12-23)24(26)29-22-10-7-19-5-3-4-6-21(19)14-22/h3-12,14,17-18H,13,15-16H2,1-2H3/t17-,18-/m0/s1. The molecule has 3 aromatic rings. The zero-order chi connectivity index (χ0) is 21.3. The Bertz CT molecular complexity index is 1160. The van der Waals surface area contributed by atoms with Crippen LogP contribution < -0.4 is 4.74 Å². The molecule has 1 saturated heterocycles. The van der Waals surface area contributed by atoms with Gasteiger partial charge in [0.25, 0.3) is 0 Å². The van der Waals surface area contributed by atoms with Crippen molar-refractivity contribution in [1.29, 1.82) is 0 Å². The fourth-order valence-corrected chi connectivity index (χ4v) is 5.79. The maximum Gasteiger partial charge on any atom is 0.343 e. The van der Waals surface area contributed by atoms with E-state index in [1.807, 2.05) is 36.4 Å². The second kappa shape index (κ2) is 8.20. The average Bonchev–Trinajstić information content (AvgIpc) is 2.73. The molecule has 0 aliphatic carbocycles. The topological polar surface area (TPSA) is 63.7 Å². The number of rotatable bonds is 4. The largest absolute Gasteiger partial charge is 0.423 e. The second-order valence-corrected chi connectivity index (χ2v) is 10.1. The SMILES string of the molecule is C[C@H]1C[C@H](C)CN(S(=O)(=O)c2ccc(C(=O)Oc3ccc4ccccc4c3)cc2)C1. The zero-order valence-electron chi connectivity index (χ0n) is 17.1. The first-order chi connectivity index (χ1) is 14.3. The van der Waals surface area contributed by atoms with Gasteiger partial charge in [-0.15, -0.1) is 0 Å². The summed E-state index contributed by atoms with van der Waals surface area (Å²) >= 11 is 0. The number of benzene rings is 3. The van der Waals surface area contributed by atoms with Gasteiger partial charge in [-0.25, -0.2) is 13.2 Å². The van der Waals surface area contributed by atoms with E-state index in [0.717, 1.165) is 17.2 Å². The Hall–Kier alpha value is -2.70. The zero-order valence-corrected chi connectivity index (χ0v) is 17.9. The molecule has 2 atom stereocenters. The van der Waals surface area contributed by atoms with E-state index in [9.17, 15) is 13.2 Å². The third-order valence-corrected chi connectivity index (χ3v) is 7.34. The van der Waals surface area contributed by atoms with Gasteiger partial charge in [-0.1, -0.05) is 44.2 Å². The van der Waals surface area contributed by atoms with Crippen LogP contribution in [0.15, 0.2) is 71.6 Å². The van der Waals surface area contributed by atoms with Gasteiger partial charge in [0.2, 0.25) is 10.0 Å². The highest BCUT2D eigenvalue weighted by molar-refractivity contribution is 7.89. The molecule has 1 fully saturated rings. The quantitative estimate of drug-likeness (QED) is 0.450. The normalized spacial score (nSPS) is 20.2. The molecule has 0 bridgehead atoms. The van der Waals surface area contributed by atoms with Crippen molar-refractivity contribution in [2.75, 3.05) is 13.1 Å². The molecule has 0 unspecified atom stereocenters. The Morgan fingerprint density at radius 1 is 0.900 bits per heavy atom. The van der Waals surface area contributed by atoms with Crippen LogP contribution in [-0.2, 0) is 10.0 Å². The van der Waals surface area contributed by atoms with Crippen LogP contribution in [0.5, 0.6) is 5.75 Å². The average molecular weight is 424 g/mol. The summed E-state index contributed by atoms with van der Waals surface area (Å²) in [5, 5.41) is 2.04. The minimum atomic E-state index is -3.57.